The molecule has 130 valence electrons. The lowest BCUT2D eigenvalue weighted by molar-refractivity contribution is 0.380. The molecule has 0 bridgehead atoms. The average Bonchev–Trinajstić information content (AvgIpc) is 2.62. The molecule has 0 saturated carbocycles. The third-order valence-electron chi connectivity index (χ3n) is 3.50. The van der Waals surface area contributed by atoms with Crippen LogP contribution in [0, 0.1) is 0 Å². The zero-order valence-electron chi connectivity index (χ0n) is 13.6. The number of aromatic nitrogens is 1. The van der Waals surface area contributed by atoms with Crippen molar-refractivity contribution in [3.8, 4) is 23.0 Å². The molecule has 2 aromatic carbocycles. The van der Waals surface area contributed by atoms with Gasteiger partial charge in [-0.05, 0) is 30.3 Å². The van der Waals surface area contributed by atoms with Crippen LogP contribution in [0.4, 0.5) is 5.69 Å². The van der Waals surface area contributed by atoms with Crippen molar-refractivity contribution < 1.29 is 23.0 Å². The number of benzene rings is 2. The average molecular weight is 360 g/mol. The first kappa shape index (κ1) is 17.0. The number of pyridine rings is 1. The minimum Gasteiger partial charge on any atom is -0.497 e. The highest BCUT2D eigenvalue weighted by molar-refractivity contribution is 7.80. The van der Waals surface area contributed by atoms with Crippen LogP contribution in [0.25, 0.3) is 10.9 Å². The van der Waals surface area contributed by atoms with Gasteiger partial charge in [0.1, 0.15) is 11.5 Å². The van der Waals surface area contributed by atoms with Gasteiger partial charge in [-0.15, -0.1) is 0 Å². The van der Waals surface area contributed by atoms with Gasteiger partial charge in [-0.2, -0.15) is 0 Å². The molecule has 0 aliphatic rings. The van der Waals surface area contributed by atoms with Gasteiger partial charge in [-0.25, -0.2) is 4.21 Å². The van der Waals surface area contributed by atoms with E-state index in [1.165, 1.54) is 7.11 Å². The van der Waals surface area contributed by atoms with Crippen molar-refractivity contribution in [3.05, 3.63) is 48.7 Å². The molecule has 0 aliphatic heterocycles. The van der Waals surface area contributed by atoms with Gasteiger partial charge in [-0.1, -0.05) is 0 Å². The highest BCUT2D eigenvalue weighted by Crippen LogP contribution is 2.36. The van der Waals surface area contributed by atoms with Crippen molar-refractivity contribution in [2.24, 2.45) is 0 Å². The Kier molecular flexibility index (Phi) is 5.01. The van der Waals surface area contributed by atoms with Crippen LogP contribution in [-0.2, 0) is 11.3 Å². The fraction of sp³-hybridized carbons (Fsp3) is 0.118. The van der Waals surface area contributed by atoms with E-state index in [0.717, 1.165) is 10.9 Å². The van der Waals surface area contributed by atoms with Crippen LogP contribution in [0.3, 0.4) is 0 Å². The highest BCUT2D eigenvalue weighted by atomic mass is 32.2. The quantitative estimate of drug-likeness (QED) is 0.653. The second-order valence-corrected chi connectivity index (χ2v) is 5.71. The largest absolute Gasteiger partial charge is 0.497 e. The molecule has 0 saturated heterocycles. The minimum absolute atomic E-state index is 0.425. The number of hydrogen-bond donors (Lipinski definition) is 2. The standard InChI is InChI=1S/C17H16N2O5S/c1-22-12-4-5-13-14(10-12)18-8-7-15(13)24-16-6-3-11(19-25(20)21)9-17(16)23-2/h3-10,19H,1-2H3,(H,20,21). The summed E-state index contributed by atoms with van der Waals surface area (Å²) in [6.07, 6.45) is 1.65. The maximum absolute atomic E-state index is 10.9. The van der Waals surface area contributed by atoms with Crippen LogP contribution >= 0.6 is 0 Å². The molecule has 2 N–H and O–H groups in total. The van der Waals surface area contributed by atoms with E-state index in [2.05, 4.69) is 9.71 Å². The monoisotopic (exact) mass is 360 g/mol. The number of hydrogen-bond acceptors (Lipinski definition) is 5. The predicted octanol–water partition coefficient (Wildman–Crippen LogP) is 3.59. The van der Waals surface area contributed by atoms with E-state index in [0.29, 0.717) is 28.7 Å². The first-order valence-electron chi connectivity index (χ1n) is 7.27. The Balaban J connectivity index is 1.97. The van der Waals surface area contributed by atoms with E-state index >= 15 is 0 Å². The smallest absolute Gasteiger partial charge is 0.259 e. The zero-order chi connectivity index (χ0) is 17.8. The molecule has 7 nitrogen and oxygen atoms in total. The summed E-state index contributed by atoms with van der Waals surface area (Å²) in [6.45, 7) is 0. The van der Waals surface area contributed by atoms with Crippen LogP contribution in [-0.4, -0.2) is 28.0 Å². The van der Waals surface area contributed by atoms with Crippen molar-refractivity contribution in [1.29, 1.82) is 0 Å². The molecular formula is C17H16N2O5S. The molecule has 0 amide bonds. The SMILES string of the molecule is COc1ccc2c(Oc3ccc(NS(=O)O)cc3OC)ccnc2c1. The summed E-state index contributed by atoms with van der Waals surface area (Å²) in [6, 6.07) is 12.1. The summed E-state index contributed by atoms with van der Waals surface area (Å²) < 4.78 is 38.6. The number of methoxy groups -OCH3 is 2. The number of ether oxygens (including phenoxy) is 3. The van der Waals surface area contributed by atoms with Gasteiger partial charge >= 0.3 is 0 Å². The van der Waals surface area contributed by atoms with Crippen molar-refractivity contribution >= 4 is 27.9 Å². The zero-order valence-corrected chi connectivity index (χ0v) is 14.4. The van der Waals surface area contributed by atoms with E-state index in [1.54, 1.807) is 37.6 Å². The Labute approximate surface area is 147 Å². The molecular weight excluding hydrogens is 344 g/mol. The molecule has 1 unspecified atom stereocenters. The lowest BCUT2D eigenvalue weighted by Gasteiger charge is -2.13. The second kappa shape index (κ2) is 7.37. The number of anilines is 1. The number of rotatable bonds is 6. The molecule has 0 radical (unpaired) electrons. The molecule has 3 rings (SSSR count). The number of nitrogens with one attached hydrogen (secondary N) is 1. The molecule has 8 heteroatoms. The second-order valence-electron chi connectivity index (χ2n) is 5.01. The van der Waals surface area contributed by atoms with Crippen LogP contribution in [0.5, 0.6) is 23.0 Å². The molecule has 1 heterocycles. The van der Waals surface area contributed by atoms with E-state index < -0.39 is 11.3 Å². The van der Waals surface area contributed by atoms with Gasteiger partial charge in [0.05, 0.1) is 25.4 Å². The Hall–Kier alpha value is -2.84. The molecule has 0 spiro atoms. The maximum atomic E-state index is 10.9. The lowest BCUT2D eigenvalue weighted by Crippen LogP contribution is -2.02. The van der Waals surface area contributed by atoms with Crippen LogP contribution in [0.2, 0.25) is 0 Å². The first-order valence-corrected chi connectivity index (χ1v) is 8.37. The summed E-state index contributed by atoms with van der Waals surface area (Å²) in [5.74, 6) is 2.22. The molecule has 0 aliphatic carbocycles. The van der Waals surface area contributed by atoms with E-state index in [-0.39, 0.29) is 0 Å². The van der Waals surface area contributed by atoms with Gasteiger partial charge in [0.15, 0.2) is 11.5 Å². The van der Waals surface area contributed by atoms with E-state index in [4.69, 9.17) is 18.8 Å². The van der Waals surface area contributed by atoms with Crippen LogP contribution < -0.4 is 18.9 Å². The molecule has 3 aromatic rings. The fourth-order valence-electron chi connectivity index (χ4n) is 2.35. The van der Waals surface area contributed by atoms with Crippen molar-refractivity contribution in [3.63, 3.8) is 0 Å². The topological polar surface area (TPSA) is 89.9 Å². The van der Waals surface area contributed by atoms with Gasteiger partial charge in [0.25, 0.3) is 11.3 Å². The van der Waals surface area contributed by atoms with Crippen LogP contribution in [0.1, 0.15) is 0 Å². The Bertz CT molecular complexity index is 932. The van der Waals surface area contributed by atoms with Gasteiger partial charge < -0.3 is 14.2 Å². The van der Waals surface area contributed by atoms with Gasteiger partial charge in [0.2, 0.25) is 0 Å². The Morgan fingerprint density at radius 3 is 2.56 bits per heavy atom. The highest BCUT2D eigenvalue weighted by Gasteiger charge is 2.11. The fourth-order valence-corrected chi connectivity index (χ4v) is 2.68. The van der Waals surface area contributed by atoms with Crippen molar-refractivity contribution in [1.82, 2.24) is 4.98 Å². The molecule has 0 fully saturated rings. The summed E-state index contributed by atoms with van der Waals surface area (Å²) in [4.78, 5) is 4.32. The van der Waals surface area contributed by atoms with Gasteiger partial charge in [-0.3, -0.25) is 14.3 Å². The van der Waals surface area contributed by atoms with Gasteiger partial charge in [0, 0.05) is 23.7 Å². The third kappa shape index (κ3) is 3.81. The predicted molar refractivity (Wildman–Crippen MR) is 95.8 cm³/mol. The molecule has 1 atom stereocenters. The van der Waals surface area contributed by atoms with Crippen molar-refractivity contribution in [2.75, 3.05) is 18.9 Å². The number of fused-ring (bicyclic) bond motifs is 1. The summed E-state index contributed by atoms with van der Waals surface area (Å²) in [7, 11) is 3.10. The number of nitrogens with zero attached hydrogens (tertiary/aromatic N) is 1. The molecule has 25 heavy (non-hydrogen) atoms. The summed E-state index contributed by atoms with van der Waals surface area (Å²) in [5.41, 5.74) is 1.18. The Morgan fingerprint density at radius 2 is 1.84 bits per heavy atom. The first-order chi connectivity index (χ1) is 12.1. The van der Waals surface area contributed by atoms with Crippen LogP contribution in [0.15, 0.2) is 48.7 Å². The minimum atomic E-state index is -2.16. The van der Waals surface area contributed by atoms with E-state index in [1.807, 2.05) is 18.2 Å². The maximum Gasteiger partial charge on any atom is 0.259 e. The Morgan fingerprint density at radius 1 is 1.00 bits per heavy atom. The van der Waals surface area contributed by atoms with Crippen molar-refractivity contribution in [2.45, 2.75) is 0 Å². The third-order valence-corrected chi connectivity index (χ3v) is 3.91. The lowest BCUT2D eigenvalue weighted by atomic mass is 10.2. The summed E-state index contributed by atoms with van der Waals surface area (Å²) >= 11 is -2.16. The molecule has 1 aromatic heterocycles. The van der Waals surface area contributed by atoms with E-state index in [9.17, 15) is 4.21 Å². The summed E-state index contributed by atoms with van der Waals surface area (Å²) in [5, 5.41) is 0.823. The normalized spacial score (nSPS) is 11.8.